The average molecular weight is 807 g/mol. The van der Waals surface area contributed by atoms with Crippen LogP contribution in [0.25, 0.3) is 33.7 Å². The highest BCUT2D eigenvalue weighted by molar-refractivity contribution is 6.44. The molecular weight excluding hydrogens is 777 g/mol. The summed E-state index contributed by atoms with van der Waals surface area (Å²) in [6, 6.07) is 42.3. The van der Waals surface area contributed by atoms with Gasteiger partial charge in [0.2, 0.25) is 0 Å². The summed E-state index contributed by atoms with van der Waals surface area (Å²) < 4.78 is 151. The molecule has 2 heterocycles. The molecule has 7 rings (SSSR count). The summed E-state index contributed by atoms with van der Waals surface area (Å²) in [6.45, 7) is -5.00. The summed E-state index contributed by atoms with van der Waals surface area (Å²) in [7, 11) is -2.74. The third-order valence-electron chi connectivity index (χ3n) is 9.29. The summed E-state index contributed by atoms with van der Waals surface area (Å²) in [5.41, 5.74) is 4.15. The quantitative estimate of drug-likeness (QED) is 0.0912. The average Bonchev–Trinajstić information content (AvgIpc) is 3.79. The molecule has 296 valence electrons. The van der Waals surface area contributed by atoms with E-state index in [1.54, 1.807) is 109 Å². The number of aromatic nitrogens is 1. The fourth-order valence-electron chi connectivity index (χ4n) is 6.51. The van der Waals surface area contributed by atoms with Crippen LogP contribution in [0.3, 0.4) is 0 Å². The van der Waals surface area contributed by atoms with E-state index in [1.165, 1.54) is 18.2 Å². The zero-order chi connectivity index (χ0) is 41.3. The summed E-state index contributed by atoms with van der Waals surface area (Å²) in [4.78, 5) is 5.10. The number of nitrogens with zero attached hydrogens (tertiary/aromatic N) is 2. The smallest absolute Gasteiger partial charge is 0.385 e. The van der Waals surface area contributed by atoms with Crippen LogP contribution < -0.4 is 0 Å². The first-order valence-corrected chi connectivity index (χ1v) is 17.6. The van der Waals surface area contributed by atoms with Crippen molar-refractivity contribution in [2.45, 2.75) is 24.2 Å². The van der Waals surface area contributed by atoms with Crippen LogP contribution in [0.5, 0.6) is 0 Å². The van der Waals surface area contributed by atoms with Gasteiger partial charge in [0.15, 0.2) is 0 Å². The Bertz CT molecular complexity index is 2400. The topological polar surface area (TPSA) is 35.8 Å². The zero-order valence-corrected chi connectivity index (χ0v) is 29.9. The molecule has 0 saturated heterocycles. The number of hydrogen-bond acceptors (Lipinski definition) is 3. The Hall–Kier alpha value is -5.93. The van der Waals surface area contributed by atoms with E-state index in [2.05, 4.69) is 0 Å². The van der Waals surface area contributed by atoms with Crippen LogP contribution in [-0.2, 0) is 9.31 Å². The fraction of sp³-hybridized carbons (Fsp3) is 0.140. The molecule has 15 heteroatoms. The Morgan fingerprint density at radius 2 is 0.931 bits per heavy atom. The lowest BCUT2D eigenvalue weighted by molar-refractivity contribution is -0.295. The van der Waals surface area contributed by atoms with E-state index < -0.39 is 44.7 Å². The van der Waals surface area contributed by atoms with Gasteiger partial charge in [0, 0.05) is 33.5 Å². The number of hydrogen-bond donors (Lipinski definition) is 0. The lowest BCUT2D eigenvalue weighted by atomic mass is 9.90. The first-order chi connectivity index (χ1) is 27.6. The van der Waals surface area contributed by atoms with Gasteiger partial charge in [-0.2, -0.15) is 43.9 Å². The SMILES string of the molecule is FC(F)(F)C(F)(F)COB(OCC(F)(F)C(F)(F)F)n1c(-c2ccccc2)cc(-c2ccccc2)c1/C(=C1\N=C(c2ccccc2)c2ccccc21)c1ccccc1. The van der Waals surface area contributed by atoms with Crippen molar-refractivity contribution in [3.63, 3.8) is 0 Å². The second-order valence-corrected chi connectivity index (χ2v) is 13.2. The number of aliphatic imine (C=N–C) groups is 1. The minimum atomic E-state index is -6.18. The van der Waals surface area contributed by atoms with Gasteiger partial charge in [-0.1, -0.05) is 146 Å². The highest BCUT2D eigenvalue weighted by Crippen LogP contribution is 2.46. The van der Waals surface area contributed by atoms with Crippen molar-refractivity contribution in [2.75, 3.05) is 13.2 Å². The Labute approximate surface area is 325 Å². The van der Waals surface area contributed by atoms with E-state index in [9.17, 15) is 43.9 Å². The molecule has 0 aliphatic carbocycles. The van der Waals surface area contributed by atoms with Gasteiger partial charge in [0.25, 0.3) is 0 Å². The van der Waals surface area contributed by atoms with Crippen molar-refractivity contribution in [3.05, 3.63) is 180 Å². The molecular formula is C43H29BF10N2O2. The van der Waals surface area contributed by atoms with E-state index in [4.69, 9.17) is 14.3 Å². The van der Waals surface area contributed by atoms with Crippen LogP contribution in [0.4, 0.5) is 43.9 Å². The highest BCUT2D eigenvalue weighted by atomic mass is 19.4. The maximum absolute atomic E-state index is 14.6. The van der Waals surface area contributed by atoms with Gasteiger partial charge in [-0.05, 0) is 22.8 Å². The maximum atomic E-state index is 14.6. The molecule has 0 atom stereocenters. The van der Waals surface area contributed by atoms with Gasteiger partial charge in [-0.3, -0.25) is 0 Å². The summed E-state index contributed by atoms with van der Waals surface area (Å²) in [5.74, 6) is -11.2. The van der Waals surface area contributed by atoms with Gasteiger partial charge in [-0.25, -0.2) is 4.99 Å². The number of fused-ring (bicyclic) bond motifs is 1. The van der Waals surface area contributed by atoms with Crippen LogP contribution >= 0.6 is 0 Å². The van der Waals surface area contributed by atoms with E-state index in [0.717, 1.165) is 4.48 Å². The molecule has 0 spiro atoms. The third kappa shape index (κ3) is 7.96. The van der Waals surface area contributed by atoms with Gasteiger partial charge in [-0.15, -0.1) is 0 Å². The Balaban J connectivity index is 1.61. The molecule has 0 N–H and O–H groups in total. The van der Waals surface area contributed by atoms with Crippen molar-refractivity contribution in [2.24, 2.45) is 4.99 Å². The fourth-order valence-corrected chi connectivity index (χ4v) is 6.51. The van der Waals surface area contributed by atoms with Crippen LogP contribution in [0, 0.1) is 0 Å². The molecule has 0 amide bonds. The number of halogens is 10. The lowest BCUT2D eigenvalue weighted by Gasteiger charge is -2.27. The van der Waals surface area contributed by atoms with E-state index >= 15 is 0 Å². The van der Waals surface area contributed by atoms with Gasteiger partial charge in [0.1, 0.15) is 13.2 Å². The standard InChI is InChI=1S/C43H29BF10N2O2/c45-40(46,42(49,50)51)26-57-44(58-27-41(47,48)43(52,53)54)56-35(29-17-7-2-8-18-29)25-34(28-15-5-1-6-16-28)39(56)36(30-19-9-3-10-20-30)38-33-24-14-13-23-32(33)37(55-38)31-21-11-4-12-22-31/h1-25H,26-27H2/b38-36-. The largest absolute Gasteiger partial charge is 0.598 e. The number of benzene rings is 5. The van der Waals surface area contributed by atoms with Crippen LogP contribution in [-0.4, -0.2) is 54.9 Å². The third-order valence-corrected chi connectivity index (χ3v) is 9.29. The number of alkyl halides is 10. The van der Waals surface area contributed by atoms with Crippen molar-refractivity contribution in [1.29, 1.82) is 0 Å². The Kier molecular flexibility index (Phi) is 11.0. The molecule has 6 aromatic rings. The Morgan fingerprint density at radius 3 is 1.43 bits per heavy atom. The van der Waals surface area contributed by atoms with E-state index in [-0.39, 0.29) is 33.8 Å². The van der Waals surface area contributed by atoms with Crippen molar-refractivity contribution < 1.29 is 53.2 Å². The normalized spacial score (nSPS) is 14.3. The van der Waals surface area contributed by atoms with Crippen molar-refractivity contribution in [1.82, 2.24) is 4.48 Å². The van der Waals surface area contributed by atoms with Gasteiger partial charge < -0.3 is 13.8 Å². The zero-order valence-electron chi connectivity index (χ0n) is 29.9. The molecule has 1 aliphatic heterocycles. The summed E-state index contributed by atoms with van der Waals surface area (Å²) >= 11 is 0. The van der Waals surface area contributed by atoms with Crippen molar-refractivity contribution in [3.8, 4) is 22.4 Å². The molecule has 0 radical (unpaired) electrons. The lowest BCUT2D eigenvalue weighted by Crippen LogP contribution is -2.48. The second-order valence-electron chi connectivity index (χ2n) is 13.2. The minimum absolute atomic E-state index is 0.0438. The van der Waals surface area contributed by atoms with E-state index in [0.29, 0.717) is 33.5 Å². The predicted molar refractivity (Wildman–Crippen MR) is 201 cm³/mol. The van der Waals surface area contributed by atoms with Gasteiger partial charge >= 0.3 is 31.5 Å². The van der Waals surface area contributed by atoms with Crippen LogP contribution in [0.15, 0.2) is 157 Å². The van der Waals surface area contributed by atoms with Crippen LogP contribution in [0.1, 0.15) is 27.9 Å². The predicted octanol–water partition coefficient (Wildman–Crippen LogP) is 11.9. The Morgan fingerprint density at radius 1 is 0.500 bits per heavy atom. The van der Waals surface area contributed by atoms with Crippen molar-refractivity contribution >= 4 is 24.2 Å². The second kappa shape index (κ2) is 15.8. The van der Waals surface area contributed by atoms with Crippen LogP contribution in [0.2, 0.25) is 0 Å². The molecule has 5 aromatic carbocycles. The first kappa shape index (κ1) is 40.3. The number of rotatable bonds is 12. The molecule has 0 bridgehead atoms. The summed E-state index contributed by atoms with van der Waals surface area (Å²) in [5, 5.41) is 0. The summed E-state index contributed by atoms with van der Waals surface area (Å²) in [6.07, 6.45) is -12.4. The molecule has 1 aromatic heterocycles. The first-order valence-electron chi connectivity index (χ1n) is 17.6. The molecule has 0 unspecified atom stereocenters. The molecule has 58 heavy (non-hydrogen) atoms. The molecule has 1 aliphatic rings. The maximum Gasteiger partial charge on any atom is 0.598 e. The molecule has 0 saturated carbocycles. The molecule has 0 fully saturated rings. The van der Waals surface area contributed by atoms with E-state index in [1.807, 2.05) is 24.3 Å². The minimum Gasteiger partial charge on any atom is -0.385 e. The monoisotopic (exact) mass is 806 g/mol. The van der Waals surface area contributed by atoms with Gasteiger partial charge in [0.05, 0.1) is 17.1 Å². The molecule has 4 nitrogen and oxygen atoms in total. The highest BCUT2D eigenvalue weighted by Gasteiger charge is 2.60.